The molecule has 9 aromatic rings. The Morgan fingerprint density at radius 2 is 0.920 bits per heavy atom. The summed E-state index contributed by atoms with van der Waals surface area (Å²) >= 11 is 0. The minimum absolute atomic E-state index is 1.09. The third-order valence-corrected chi connectivity index (χ3v) is 10.2. The number of nitrogens with zero attached hydrogens (tertiary/aromatic N) is 4. The largest absolute Gasteiger partial charge is 0.309 e. The Labute approximate surface area is 289 Å². The van der Waals surface area contributed by atoms with Crippen molar-refractivity contribution in [3.63, 3.8) is 0 Å². The van der Waals surface area contributed by atoms with Crippen molar-refractivity contribution in [1.29, 1.82) is 0 Å². The van der Waals surface area contributed by atoms with E-state index in [1.807, 2.05) is 24.8 Å². The molecule has 1 aliphatic rings. The van der Waals surface area contributed by atoms with Gasteiger partial charge in [0.05, 0.1) is 22.1 Å². The van der Waals surface area contributed by atoms with Gasteiger partial charge in [0.25, 0.3) is 0 Å². The van der Waals surface area contributed by atoms with E-state index in [-0.39, 0.29) is 0 Å². The molecule has 0 radical (unpaired) electrons. The van der Waals surface area contributed by atoms with Crippen LogP contribution < -0.4 is 0 Å². The molecule has 0 amide bonds. The van der Waals surface area contributed by atoms with Crippen molar-refractivity contribution < 1.29 is 0 Å². The summed E-state index contributed by atoms with van der Waals surface area (Å²) < 4.78 is 4.70. The standard InChI is InChI=1S/C46H32N4/c1-3-7-31(8-4-1)35-15-21-43-39(27-35)41-29-47-25-23-45(41)49(43)37-17-11-33(12-18-37)34-13-19-38(20-14-34)50-44-22-16-36(32-9-5-2-6-10-32)28-40(44)42-30-48-26-24-46(42)50/h1,3-5,7-30H,2,6H2. The number of pyridine rings is 2. The quantitative estimate of drug-likeness (QED) is 0.188. The van der Waals surface area contributed by atoms with Crippen LogP contribution in [0.1, 0.15) is 18.4 Å². The summed E-state index contributed by atoms with van der Waals surface area (Å²) in [6.07, 6.45) is 16.8. The zero-order valence-electron chi connectivity index (χ0n) is 27.4. The number of benzene rings is 5. The van der Waals surface area contributed by atoms with Gasteiger partial charge in [0.2, 0.25) is 0 Å². The second kappa shape index (κ2) is 11.6. The van der Waals surface area contributed by atoms with Gasteiger partial charge in [-0.15, -0.1) is 0 Å². The number of fused-ring (bicyclic) bond motifs is 6. The van der Waals surface area contributed by atoms with Crippen LogP contribution in [0.2, 0.25) is 0 Å². The Bertz CT molecular complexity index is 2780. The maximum absolute atomic E-state index is 4.49. The average Bonchev–Trinajstić information content (AvgIpc) is 3.71. The number of rotatable bonds is 5. The molecule has 4 aromatic heterocycles. The Balaban J connectivity index is 1.01. The Morgan fingerprint density at radius 1 is 0.420 bits per heavy atom. The maximum atomic E-state index is 4.49. The van der Waals surface area contributed by atoms with Gasteiger partial charge in [-0.1, -0.05) is 85.0 Å². The van der Waals surface area contributed by atoms with Crippen molar-refractivity contribution in [2.45, 2.75) is 12.8 Å². The first kappa shape index (κ1) is 28.5. The third kappa shape index (κ3) is 4.61. The van der Waals surface area contributed by atoms with Gasteiger partial charge in [0.15, 0.2) is 0 Å². The lowest BCUT2D eigenvalue weighted by Crippen LogP contribution is -1.95. The molecule has 1 aliphatic carbocycles. The van der Waals surface area contributed by atoms with E-state index in [4.69, 9.17) is 0 Å². The smallest absolute Gasteiger partial charge is 0.0571 e. The SMILES string of the molecule is C1=CC(c2ccc3c(c2)c2cnccc2n3-c2ccc(-c3ccc(-n4c5ccncc5c5cc(-c6ccccc6)ccc54)cc3)cc2)=CCC1. The van der Waals surface area contributed by atoms with Crippen molar-refractivity contribution >= 4 is 49.2 Å². The number of hydrogen-bond acceptors (Lipinski definition) is 2. The molecule has 0 atom stereocenters. The summed E-state index contributed by atoms with van der Waals surface area (Å²) in [4.78, 5) is 8.98. The van der Waals surface area contributed by atoms with Gasteiger partial charge in [-0.2, -0.15) is 0 Å². The molecule has 0 saturated heterocycles. The van der Waals surface area contributed by atoms with Gasteiger partial charge in [-0.25, -0.2) is 0 Å². The van der Waals surface area contributed by atoms with E-state index < -0.39 is 0 Å². The highest BCUT2D eigenvalue weighted by molar-refractivity contribution is 6.11. The van der Waals surface area contributed by atoms with Crippen molar-refractivity contribution in [3.05, 3.63) is 176 Å². The van der Waals surface area contributed by atoms with E-state index in [1.165, 1.54) is 60.6 Å². The van der Waals surface area contributed by atoms with Gasteiger partial charge in [0.1, 0.15) is 0 Å². The molecular formula is C46H32N4. The van der Waals surface area contributed by atoms with Crippen LogP contribution >= 0.6 is 0 Å². The highest BCUT2D eigenvalue weighted by Gasteiger charge is 2.16. The molecule has 5 aromatic carbocycles. The lowest BCUT2D eigenvalue weighted by atomic mass is 9.98. The van der Waals surface area contributed by atoms with E-state index in [2.05, 4.69) is 165 Å². The van der Waals surface area contributed by atoms with Crippen molar-refractivity contribution in [2.24, 2.45) is 0 Å². The van der Waals surface area contributed by atoms with Crippen molar-refractivity contribution in [3.8, 4) is 33.6 Å². The number of hydrogen-bond donors (Lipinski definition) is 0. The Hall–Kier alpha value is -6.52. The summed E-state index contributed by atoms with van der Waals surface area (Å²) in [7, 11) is 0. The molecule has 0 fully saturated rings. The summed E-state index contributed by atoms with van der Waals surface area (Å²) in [6.45, 7) is 0. The Morgan fingerprint density at radius 3 is 1.48 bits per heavy atom. The molecule has 0 spiro atoms. The van der Waals surface area contributed by atoms with E-state index in [0.29, 0.717) is 0 Å². The van der Waals surface area contributed by atoms with E-state index in [1.54, 1.807) is 0 Å². The summed E-state index contributed by atoms with van der Waals surface area (Å²) in [5.41, 5.74) is 14.3. The number of allylic oxidation sites excluding steroid dienone is 4. The fourth-order valence-corrected chi connectivity index (χ4v) is 7.71. The van der Waals surface area contributed by atoms with Gasteiger partial charge in [-0.05, 0) is 107 Å². The zero-order chi connectivity index (χ0) is 33.0. The molecular weight excluding hydrogens is 609 g/mol. The van der Waals surface area contributed by atoms with Crippen molar-refractivity contribution in [1.82, 2.24) is 19.1 Å². The van der Waals surface area contributed by atoms with Gasteiger partial charge >= 0.3 is 0 Å². The first-order valence-corrected chi connectivity index (χ1v) is 17.2. The third-order valence-electron chi connectivity index (χ3n) is 10.2. The predicted molar refractivity (Wildman–Crippen MR) is 208 cm³/mol. The summed E-state index contributed by atoms with van der Waals surface area (Å²) in [5, 5.41) is 4.75. The highest BCUT2D eigenvalue weighted by atomic mass is 15.0. The van der Waals surface area contributed by atoms with E-state index in [9.17, 15) is 0 Å². The van der Waals surface area contributed by atoms with Crippen LogP contribution in [0.4, 0.5) is 0 Å². The van der Waals surface area contributed by atoms with Crippen LogP contribution in [0.15, 0.2) is 170 Å². The van der Waals surface area contributed by atoms with Crippen LogP contribution in [0.5, 0.6) is 0 Å². The lowest BCUT2D eigenvalue weighted by Gasteiger charge is -2.12. The Kier molecular flexibility index (Phi) is 6.59. The fraction of sp³-hybridized carbons (Fsp3) is 0.0435. The second-order valence-electron chi connectivity index (χ2n) is 13.0. The molecule has 0 saturated carbocycles. The summed E-state index contributed by atoms with van der Waals surface area (Å²) in [6, 6.07) is 46.2. The van der Waals surface area contributed by atoms with Gasteiger partial charge in [-0.3, -0.25) is 9.97 Å². The first-order valence-electron chi connectivity index (χ1n) is 17.2. The molecule has 10 rings (SSSR count). The second-order valence-corrected chi connectivity index (χ2v) is 13.0. The number of aromatic nitrogens is 4. The molecule has 0 N–H and O–H groups in total. The van der Waals surface area contributed by atoms with Gasteiger partial charge < -0.3 is 9.13 Å². The fourth-order valence-electron chi connectivity index (χ4n) is 7.71. The monoisotopic (exact) mass is 640 g/mol. The molecule has 4 heteroatoms. The predicted octanol–water partition coefficient (Wildman–Crippen LogP) is 11.7. The minimum Gasteiger partial charge on any atom is -0.309 e. The minimum atomic E-state index is 1.09. The molecule has 4 nitrogen and oxygen atoms in total. The lowest BCUT2D eigenvalue weighted by molar-refractivity contribution is 1.04. The topological polar surface area (TPSA) is 35.6 Å². The normalized spacial score (nSPS) is 13.1. The van der Waals surface area contributed by atoms with E-state index in [0.717, 1.165) is 40.6 Å². The van der Waals surface area contributed by atoms with Crippen LogP contribution in [-0.2, 0) is 0 Å². The van der Waals surface area contributed by atoms with E-state index >= 15 is 0 Å². The molecule has 0 unspecified atom stereocenters. The van der Waals surface area contributed by atoms with Crippen LogP contribution in [0.3, 0.4) is 0 Å². The average molecular weight is 641 g/mol. The zero-order valence-corrected chi connectivity index (χ0v) is 27.4. The maximum Gasteiger partial charge on any atom is 0.0571 e. The van der Waals surface area contributed by atoms with Crippen LogP contribution in [0, 0.1) is 0 Å². The molecule has 0 bridgehead atoms. The first-order chi connectivity index (χ1) is 24.8. The molecule has 236 valence electrons. The molecule has 4 heterocycles. The molecule has 50 heavy (non-hydrogen) atoms. The van der Waals surface area contributed by atoms with Crippen LogP contribution in [-0.4, -0.2) is 19.1 Å². The highest BCUT2D eigenvalue weighted by Crippen LogP contribution is 2.37. The summed E-state index contributed by atoms with van der Waals surface area (Å²) in [5.74, 6) is 0. The van der Waals surface area contributed by atoms with Crippen molar-refractivity contribution in [2.75, 3.05) is 0 Å². The van der Waals surface area contributed by atoms with Gasteiger partial charge in [0, 0.05) is 57.7 Å². The van der Waals surface area contributed by atoms with Crippen LogP contribution in [0.25, 0.3) is 82.8 Å². The molecule has 0 aliphatic heterocycles.